The molecule has 0 aromatic carbocycles. The van der Waals surface area contributed by atoms with Gasteiger partial charge in [0.05, 0.1) is 12.2 Å². The van der Waals surface area contributed by atoms with Gasteiger partial charge in [0, 0.05) is 12.4 Å². The number of pyridine rings is 1. The number of aromatic nitrogens is 1. The fourth-order valence-electron chi connectivity index (χ4n) is 1.39. The number of hydrogen-bond acceptors (Lipinski definition) is 8. The summed E-state index contributed by atoms with van der Waals surface area (Å²) in [5.74, 6) is -0.749. The van der Waals surface area contributed by atoms with Gasteiger partial charge in [-0.1, -0.05) is 0 Å². The first-order valence-corrected chi connectivity index (χ1v) is 5.87. The van der Waals surface area contributed by atoms with E-state index in [2.05, 4.69) is 4.98 Å². The van der Waals surface area contributed by atoms with E-state index in [4.69, 9.17) is 14.9 Å². The molecule has 0 amide bonds. The van der Waals surface area contributed by atoms with E-state index in [0.29, 0.717) is 0 Å². The van der Waals surface area contributed by atoms with Gasteiger partial charge < -0.3 is 30.3 Å². The zero-order valence-corrected chi connectivity index (χ0v) is 10.5. The molecular weight excluding hydrogens is 270 g/mol. The van der Waals surface area contributed by atoms with Gasteiger partial charge in [-0.25, -0.2) is 4.79 Å². The molecule has 0 aliphatic rings. The number of nitrogens with zero attached hydrogens (tertiary/aromatic N) is 1. The van der Waals surface area contributed by atoms with Crippen LogP contribution in [0.1, 0.15) is 10.4 Å². The molecule has 8 nitrogen and oxygen atoms in total. The molecule has 8 heteroatoms. The SMILES string of the molecule is O=C(OC[C@@H](O)[C@@H](O)[C@H](O)[C@H](O)CO)c1cccnc1. The molecule has 1 heterocycles. The van der Waals surface area contributed by atoms with Crippen molar-refractivity contribution in [3.63, 3.8) is 0 Å². The van der Waals surface area contributed by atoms with Gasteiger partial charge in [-0.05, 0) is 12.1 Å². The average molecular weight is 287 g/mol. The third-order valence-corrected chi connectivity index (χ3v) is 2.61. The topological polar surface area (TPSA) is 140 Å². The lowest BCUT2D eigenvalue weighted by molar-refractivity contribution is -0.124. The van der Waals surface area contributed by atoms with E-state index in [1.807, 2.05) is 0 Å². The van der Waals surface area contributed by atoms with Crippen LogP contribution in [0.15, 0.2) is 24.5 Å². The van der Waals surface area contributed by atoms with Crippen molar-refractivity contribution >= 4 is 5.97 Å². The molecule has 4 atom stereocenters. The molecule has 20 heavy (non-hydrogen) atoms. The Morgan fingerprint density at radius 1 is 1.20 bits per heavy atom. The molecule has 1 aromatic rings. The lowest BCUT2D eigenvalue weighted by atomic mass is 10.0. The maximum absolute atomic E-state index is 11.5. The second-order valence-corrected chi connectivity index (χ2v) is 4.14. The summed E-state index contributed by atoms with van der Waals surface area (Å²) in [4.78, 5) is 15.2. The second-order valence-electron chi connectivity index (χ2n) is 4.14. The number of esters is 1. The summed E-state index contributed by atoms with van der Waals surface area (Å²) in [6.07, 6.45) is -3.98. The molecule has 0 fully saturated rings. The Morgan fingerprint density at radius 2 is 1.85 bits per heavy atom. The molecule has 112 valence electrons. The van der Waals surface area contributed by atoms with Gasteiger partial charge in [0.2, 0.25) is 0 Å². The number of carbonyl (C=O) groups excluding carboxylic acids is 1. The quantitative estimate of drug-likeness (QED) is 0.352. The highest BCUT2D eigenvalue weighted by molar-refractivity contribution is 5.88. The Hall–Kier alpha value is -1.58. The van der Waals surface area contributed by atoms with E-state index < -0.39 is 43.6 Å². The van der Waals surface area contributed by atoms with Crippen LogP contribution >= 0.6 is 0 Å². The summed E-state index contributed by atoms with van der Waals surface area (Å²) in [6.45, 7) is -1.36. The molecule has 0 aliphatic heterocycles. The minimum atomic E-state index is -1.76. The van der Waals surface area contributed by atoms with Gasteiger partial charge in [0.25, 0.3) is 0 Å². The normalized spacial score (nSPS) is 17.1. The van der Waals surface area contributed by atoms with Crippen molar-refractivity contribution in [1.82, 2.24) is 4.98 Å². The molecule has 0 saturated carbocycles. The zero-order valence-electron chi connectivity index (χ0n) is 10.5. The monoisotopic (exact) mass is 287 g/mol. The van der Waals surface area contributed by atoms with Crippen LogP contribution < -0.4 is 0 Å². The number of aliphatic hydroxyl groups excluding tert-OH is 5. The summed E-state index contributed by atoms with van der Waals surface area (Å²) in [5.41, 5.74) is 0.171. The molecule has 1 aromatic heterocycles. The van der Waals surface area contributed by atoms with E-state index in [9.17, 15) is 20.1 Å². The summed E-state index contributed by atoms with van der Waals surface area (Å²) in [7, 11) is 0. The largest absolute Gasteiger partial charge is 0.459 e. The van der Waals surface area contributed by atoms with Crippen molar-refractivity contribution in [3.05, 3.63) is 30.1 Å². The van der Waals surface area contributed by atoms with Gasteiger partial charge in [-0.3, -0.25) is 4.98 Å². The predicted octanol–water partition coefficient (Wildman–Crippen LogP) is -2.33. The van der Waals surface area contributed by atoms with Crippen LogP contribution in [-0.2, 0) is 4.74 Å². The van der Waals surface area contributed by atoms with Crippen LogP contribution in [0.2, 0.25) is 0 Å². The summed E-state index contributed by atoms with van der Waals surface area (Å²) in [6, 6.07) is 2.99. The highest BCUT2D eigenvalue weighted by Crippen LogP contribution is 2.07. The standard InChI is InChI=1S/C12H17NO7/c14-5-8(15)10(17)11(18)9(16)6-20-12(19)7-2-1-3-13-4-7/h1-4,8-11,14-18H,5-6H2/t8-,9-,10-,11-/m1/s1. The first kappa shape index (κ1) is 16.5. The number of aliphatic hydroxyl groups is 5. The Kier molecular flexibility index (Phi) is 6.49. The highest BCUT2D eigenvalue weighted by atomic mass is 16.5. The summed E-state index contributed by atoms with van der Waals surface area (Å²) < 4.78 is 4.73. The van der Waals surface area contributed by atoms with Crippen molar-refractivity contribution in [2.24, 2.45) is 0 Å². The second kappa shape index (κ2) is 7.88. The smallest absolute Gasteiger partial charge is 0.339 e. The van der Waals surface area contributed by atoms with Crippen molar-refractivity contribution in [3.8, 4) is 0 Å². The average Bonchev–Trinajstić information content (AvgIpc) is 2.50. The first-order chi connectivity index (χ1) is 9.47. The fraction of sp³-hybridized carbons (Fsp3) is 0.500. The lowest BCUT2D eigenvalue weighted by Gasteiger charge is -2.25. The third kappa shape index (κ3) is 4.51. The molecule has 0 radical (unpaired) electrons. The first-order valence-electron chi connectivity index (χ1n) is 5.87. The van der Waals surface area contributed by atoms with Gasteiger partial charge in [0.15, 0.2) is 0 Å². The predicted molar refractivity (Wildman–Crippen MR) is 65.6 cm³/mol. The molecular formula is C12H17NO7. The lowest BCUT2D eigenvalue weighted by Crippen LogP contribution is -2.47. The van der Waals surface area contributed by atoms with Crippen LogP contribution in [0.5, 0.6) is 0 Å². The van der Waals surface area contributed by atoms with Crippen molar-refractivity contribution < 1.29 is 35.1 Å². The molecule has 0 spiro atoms. The van der Waals surface area contributed by atoms with E-state index in [1.165, 1.54) is 24.5 Å². The summed E-state index contributed by atoms with van der Waals surface area (Å²) in [5, 5.41) is 46.1. The Morgan fingerprint density at radius 3 is 2.40 bits per heavy atom. The number of hydrogen-bond donors (Lipinski definition) is 5. The highest BCUT2D eigenvalue weighted by Gasteiger charge is 2.30. The number of carbonyl (C=O) groups is 1. The van der Waals surface area contributed by atoms with Crippen LogP contribution in [0.4, 0.5) is 0 Å². The zero-order chi connectivity index (χ0) is 15.1. The van der Waals surface area contributed by atoms with E-state index in [0.717, 1.165) is 0 Å². The summed E-state index contributed by atoms with van der Waals surface area (Å²) >= 11 is 0. The van der Waals surface area contributed by atoms with Gasteiger partial charge >= 0.3 is 5.97 Å². The minimum absolute atomic E-state index is 0.171. The van der Waals surface area contributed by atoms with Crippen LogP contribution in [0.25, 0.3) is 0 Å². The van der Waals surface area contributed by atoms with Gasteiger partial charge in [-0.2, -0.15) is 0 Å². The molecule has 0 saturated heterocycles. The molecule has 0 unspecified atom stereocenters. The molecule has 0 aliphatic carbocycles. The van der Waals surface area contributed by atoms with E-state index in [-0.39, 0.29) is 5.56 Å². The fourth-order valence-corrected chi connectivity index (χ4v) is 1.39. The van der Waals surface area contributed by atoms with Crippen LogP contribution in [0.3, 0.4) is 0 Å². The van der Waals surface area contributed by atoms with Crippen molar-refractivity contribution in [1.29, 1.82) is 0 Å². The van der Waals surface area contributed by atoms with Crippen LogP contribution in [0, 0.1) is 0 Å². The Labute approximate surface area is 114 Å². The number of rotatable bonds is 7. The molecule has 5 N–H and O–H groups in total. The Balaban J connectivity index is 2.47. The van der Waals surface area contributed by atoms with Crippen molar-refractivity contribution in [2.75, 3.05) is 13.2 Å². The third-order valence-electron chi connectivity index (χ3n) is 2.61. The minimum Gasteiger partial charge on any atom is -0.459 e. The van der Waals surface area contributed by atoms with Gasteiger partial charge in [0.1, 0.15) is 31.0 Å². The molecule has 0 bridgehead atoms. The maximum Gasteiger partial charge on any atom is 0.339 e. The van der Waals surface area contributed by atoms with E-state index >= 15 is 0 Å². The van der Waals surface area contributed by atoms with Gasteiger partial charge in [-0.15, -0.1) is 0 Å². The van der Waals surface area contributed by atoms with E-state index in [1.54, 1.807) is 0 Å². The number of ether oxygens (including phenoxy) is 1. The Bertz CT molecular complexity index is 414. The van der Waals surface area contributed by atoms with Crippen LogP contribution in [-0.4, -0.2) is 74.1 Å². The van der Waals surface area contributed by atoms with Crippen molar-refractivity contribution in [2.45, 2.75) is 24.4 Å². The maximum atomic E-state index is 11.5. The molecule has 1 rings (SSSR count).